The number of aromatic nitrogens is 2. The molecular weight excluding hydrogens is 424 g/mol. The lowest BCUT2D eigenvalue weighted by molar-refractivity contribution is 0.0376. The Labute approximate surface area is 204 Å². The number of morpholine rings is 1. The van der Waals surface area contributed by atoms with Crippen molar-refractivity contribution in [2.75, 3.05) is 81.9 Å². The molecule has 0 bridgehead atoms. The first-order valence-corrected chi connectivity index (χ1v) is 13.1. The van der Waals surface area contributed by atoms with Crippen LogP contribution in [0.15, 0.2) is 24.3 Å². The van der Waals surface area contributed by atoms with Crippen LogP contribution in [0.1, 0.15) is 31.5 Å². The highest BCUT2D eigenvalue weighted by atomic mass is 16.5. The Morgan fingerprint density at radius 2 is 1.62 bits per heavy atom. The lowest BCUT2D eigenvalue weighted by atomic mass is 10.1. The standard InChI is InChI=1S/C27H40N6O/c1-21(2)31-13-15-32(16-14-31)24-7-5-23(6-8-24)26-28-22(3)25-9-12-33(27(25)29-26)11-4-10-30-17-19-34-20-18-30/h5-8,21H,4,9-20H2,1-3H3. The van der Waals surface area contributed by atoms with Crippen LogP contribution in [-0.2, 0) is 11.2 Å². The van der Waals surface area contributed by atoms with Gasteiger partial charge in [-0.15, -0.1) is 0 Å². The number of anilines is 2. The van der Waals surface area contributed by atoms with E-state index in [1.807, 2.05) is 0 Å². The number of hydrogen-bond donors (Lipinski definition) is 0. The number of fused-ring (bicyclic) bond motifs is 1. The van der Waals surface area contributed by atoms with Crippen LogP contribution < -0.4 is 9.80 Å². The molecule has 0 radical (unpaired) electrons. The van der Waals surface area contributed by atoms with Gasteiger partial charge in [0.2, 0.25) is 0 Å². The van der Waals surface area contributed by atoms with E-state index < -0.39 is 0 Å². The third-order valence-corrected chi connectivity index (χ3v) is 7.66. The zero-order chi connectivity index (χ0) is 23.5. The third kappa shape index (κ3) is 5.21. The molecule has 2 fully saturated rings. The molecule has 5 rings (SSSR count). The van der Waals surface area contributed by atoms with E-state index in [1.54, 1.807) is 0 Å². The Morgan fingerprint density at radius 3 is 2.32 bits per heavy atom. The Kier molecular flexibility index (Phi) is 7.32. The summed E-state index contributed by atoms with van der Waals surface area (Å²) in [5.74, 6) is 2.01. The first-order chi connectivity index (χ1) is 16.6. The highest BCUT2D eigenvalue weighted by Crippen LogP contribution is 2.31. The van der Waals surface area contributed by atoms with Gasteiger partial charge >= 0.3 is 0 Å². The molecule has 7 nitrogen and oxygen atoms in total. The second-order valence-electron chi connectivity index (χ2n) is 10.1. The smallest absolute Gasteiger partial charge is 0.161 e. The van der Waals surface area contributed by atoms with Crippen molar-refractivity contribution < 1.29 is 4.74 Å². The topological polar surface area (TPSA) is 48.0 Å². The van der Waals surface area contributed by atoms with Crippen molar-refractivity contribution in [1.29, 1.82) is 0 Å². The Morgan fingerprint density at radius 1 is 0.882 bits per heavy atom. The maximum Gasteiger partial charge on any atom is 0.161 e. The van der Waals surface area contributed by atoms with Crippen LogP contribution in [0.3, 0.4) is 0 Å². The van der Waals surface area contributed by atoms with E-state index in [9.17, 15) is 0 Å². The molecule has 184 valence electrons. The summed E-state index contributed by atoms with van der Waals surface area (Å²) in [5, 5.41) is 0. The van der Waals surface area contributed by atoms with Gasteiger partial charge in [-0.1, -0.05) is 0 Å². The van der Waals surface area contributed by atoms with Gasteiger partial charge in [-0.2, -0.15) is 0 Å². The quantitative estimate of drug-likeness (QED) is 0.624. The predicted molar refractivity (Wildman–Crippen MR) is 139 cm³/mol. The molecule has 1 aromatic carbocycles. The summed E-state index contributed by atoms with van der Waals surface area (Å²) < 4.78 is 5.48. The first-order valence-electron chi connectivity index (χ1n) is 13.1. The maximum atomic E-state index is 5.48. The molecule has 3 aliphatic heterocycles. The molecule has 0 saturated carbocycles. The van der Waals surface area contributed by atoms with E-state index >= 15 is 0 Å². The molecule has 0 atom stereocenters. The molecular formula is C27H40N6O. The van der Waals surface area contributed by atoms with Crippen LogP contribution >= 0.6 is 0 Å². The summed E-state index contributed by atoms with van der Waals surface area (Å²) in [6.07, 6.45) is 2.22. The van der Waals surface area contributed by atoms with E-state index in [-0.39, 0.29) is 0 Å². The van der Waals surface area contributed by atoms with Gasteiger partial charge in [0.1, 0.15) is 5.82 Å². The molecule has 34 heavy (non-hydrogen) atoms. The maximum absolute atomic E-state index is 5.48. The zero-order valence-electron chi connectivity index (χ0n) is 21.2. The predicted octanol–water partition coefficient (Wildman–Crippen LogP) is 3.07. The van der Waals surface area contributed by atoms with Crippen molar-refractivity contribution in [3.05, 3.63) is 35.5 Å². The molecule has 7 heteroatoms. The normalized spacial score (nSPS) is 19.8. The van der Waals surface area contributed by atoms with Crippen LogP contribution in [-0.4, -0.2) is 97.9 Å². The Hall–Kier alpha value is -2.22. The molecule has 2 aromatic rings. The first kappa shape index (κ1) is 23.5. The zero-order valence-corrected chi connectivity index (χ0v) is 21.2. The molecule has 0 amide bonds. The lowest BCUT2D eigenvalue weighted by Gasteiger charge is -2.38. The largest absolute Gasteiger partial charge is 0.379 e. The van der Waals surface area contributed by atoms with E-state index in [0.717, 1.165) is 108 Å². The summed E-state index contributed by atoms with van der Waals surface area (Å²) in [4.78, 5) is 20.0. The van der Waals surface area contributed by atoms with Gasteiger partial charge < -0.3 is 14.5 Å². The summed E-state index contributed by atoms with van der Waals surface area (Å²) in [6.45, 7) is 18.3. The van der Waals surface area contributed by atoms with Gasteiger partial charge in [0.05, 0.1) is 13.2 Å². The summed E-state index contributed by atoms with van der Waals surface area (Å²) in [6, 6.07) is 9.51. The summed E-state index contributed by atoms with van der Waals surface area (Å²) in [5.41, 5.74) is 4.87. The number of benzene rings is 1. The van der Waals surface area contributed by atoms with E-state index in [2.05, 4.69) is 64.6 Å². The fraction of sp³-hybridized carbons (Fsp3) is 0.630. The number of piperazine rings is 1. The molecule has 0 unspecified atom stereocenters. The minimum absolute atomic E-state index is 0.628. The highest BCUT2D eigenvalue weighted by molar-refractivity contribution is 5.65. The van der Waals surface area contributed by atoms with Crippen LogP contribution in [0.4, 0.5) is 11.5 Å². The minimum Gasteiger partial charge on any atom is -0.379 e. The van der Waals surface area contributed by atoms with E-state index in [4.69, 9.17) is 14.7 Å². The van der Waals surface area contributed by atoms with Gasteiger partial charge in [0.15, 0.2) is 5.82 Å². The fourth-order valence-corrected chi connectivity index (χ4v) is 5.46. The molecule has 4 heterocycles. The van der Waals surface area contributed by atoms with Crippen LogP contribution in [0.25, 0.3) is 11.4 Å². The molecule has 0 spiro atoms. The average molecular weight is 465 g/mol. The van der Waals surface area contributed by atoms with Gasteiger partial charge in [-0.3, -0.25) is 9.80 Å². The van der Waals surface area contributed by atoms with Crippen molar-refractivity contribution in [1.82, 2.24) is 19.8 Å². The summed E-state index contributed by atoms with van der Waals surface area (Å²) in [7, 11) is 0. The van der Waals surface area contributed by atoms with Gasteiger partial charge in [0, 0.05) is 87.5 Å². The minimum atomic E-state index is 0.628. The second-order valence-corrected chi connectivity index (χ2v) is 10.1. The number of nitrogens with zero attached hydrogens (tertiary/aromatic N) is 6. The number of hydrogen-bond acceptors (Lipinski definition) is 7. The number of rotatable bonds is 7. The van der Waals surface area contributed by atoms with Gasteiger partial charge in [0.25, 0.3) is 0 Å². The van der Waals surface area contributed by atoms with Crippen LogP contribution in [0.2, 0.25) is 0 Å². The molecule has 0 N–H and O–H groups in total. The van der Waals surface area contributed by atoms with E-state index in [1.165, 1.54) is 11.3 Å². The highest BCUT2D eigenvalue weighted by Gasteiger charge is 2.25. The van der Waals surface area contributed by atoms with Gasteiger partial charge in [-0.25, -0.2) is 9.97 Å². The average Bonchev–Trinajstić information content (AvgIpc) is 3.28. The molecule has 0 aliphatic carbocycles. The SMILES string of the molecule is Cc1nc(-c2ccc(N3CCN(C(C)C)CC3)cc2)nc2c1CCN2CCCN1CCOCC1. The number of ether oxygens (including phenoxy) is 1. The fourth-order valence-electron chi connectivity index (χ4n) is 5.46. The van der Waals surface area contributed by atoms with Crippen molar-refractivity contribution in [2.45, 2.75) is 39.7 Å². The van der Waals surface area contributed by atoms with Gasteiger partial charge in [-0.05, 0) is 57.9 Å². The Balaban J connectivity index is 1.24. The van der Waals surface area contributed by atoms with Crippen molar-refractivity contribution >= 4 is 11.5 Å². The third-order valence-electron chi connectivity index (χ3n) is 7.66. The lowest BCUT2D eigenvalue weighted by Crippen LogP contribution is -2.48. The van der Waals surface area contributed by atoms with Crippen LogP contribution in [0, 0.1) is 6.92 Å². The van der Waals surface area contributed by atoms with Crippen LogP contribution in [0.5, 0.6) is 0 Å². The van der Waals surface area contributed by atoms with Crippen molar-refractivity contribution in [3.8, 4) is 11.4 Å². The Bertz CT molecular complexity index is 948. The molecule has 2 saturated heterocycles. The van der Waals surface area contributed by atoms with E-state index in [0.29, 0.717) is 6.04 Å². The molecule has 1 aromatic heterocycles. The van der Waals surface area contributed by atoms with Crippen molar-refractivity contribution in [2.24, 2.45) is 0 Å². The monoisotopic (exact) mass is 464 g/mol. The molecule has 3 aliphatic rings. The number of aryl methyl sites for hydroxylation is 1. The second kappa shape index (κ2) is 10.6. The summed E-state index contributed by atoms with van der Waals surface area (Å²) >= 11 is 0. The van der Waals surface area contributed by atoms with Crippen molar-refractivity contribution in [3.63, 3.8) is 0 Å².